The Balaban J connectivity index is 1.30. The van der Waals surface area contributed by atoms with Gasteiger partial charge in [0, 0.05) is 62.9 Å². The first-order chi connectivity index (χ1) is 33.3. The molecule has 0 aromatic heterocycles. The van der Waals surface area contributed by atoms with Crippen LogP contribution in [0.25, 0.3) is 0 Å². The van der Waals surface area contributed by atoms with E-state index in [9.17, 15) is 53.1 Å². The lowest BCUT2D eigenvalue weighted by molar-refractivity contribution is -0.145. The van der Waals surface area contributed by atoms with Gasteiger partial charge in [-0.15, -0.1) is 0 Å². The van der Waals surface area contributed by atoms with Gasteiger partial charge in [0.2, 0.25) is 29.5 Å². The Morgan fingerprint density at radius 1 is 0.845 bits per heavy atom. The fourth-order valence-electron chi connectivity index (χ4n) is 8.34. The topological polar surface area (TPSA) is 349 Å². The van der Waals surface area contributed by atoms with Gasteiger partial charge in [0.15, 0.2) is 5.78 Å². The van der Waals surface area contributed by atoms with Crippen LogP contribution in [0.3, 0.4) is 0 Å². The molecule has 1 aromatic rings. The molecule has 1 aromatic carbocycles. The average Bonchev–Trinajstić information content (AvgIpc) is 4.09. The Labute approximate surface area is 411 Å². The number of primary amides is 1. The van der Waals surface area contributed by atoms with E-state index in [4.69, 9.17) is 25.7 Å². The molecule has 3 aliphatic carbocycles. The molecule has 0 radical (unpaired) electrons. The third kappa shape index (κ3) is 14.5. The maximum absolute atomic E-state index is 13.6. The number of hydrogen-bond donors (Lipinski definition) is 9. The second-order valence-corrected chi connectivity index (χ2v) is 18.8. The van der Waals surface area contributed by atoms with Crippen LogP contribution in [0.1, 0.15) is 72.8 Å². The minimum Gasteiger partial charge on any atom is -0.465 e. The van der Waals surface area contributed by atoms with Crippen molar-refractivity contribution in [1.29, 1.82) is 0 Å². The van der Waals surface area contributed by atoms with Gasteiger partial charge in [-0.2, -0.15) is 0 Å². The minimum absolute atomic E-state index is 0.0246. The van der Waals surface area contributed by atoms with Gasteiger partial charge in [-0.3, -0.25) is 33.6 Å². The van der Waals surface area contributed by atoms with Crippen molar-refractivity contribution in [1.82, 2.24) is 36.4 Å². The first-order valence-electron chi connectivity index (χ1n) is 23.2. The first kappa shape index (κ1) is 56.5. The fraction of sp³-hybridized carbons (Fsp3) is 0.574. The molecule has 0 unspecified atom stereocenters. The number of nitrogens with one attached hydrogen (secondary N) is 6. The van der Waals surface area contributed by atoms with Crippen molar-refractivity contribution in [3.63, 3.8) is 0 Å². The van der Waals surface area contributed by atoms with Crippen LogP contribution in [-0.2, 0) is 54.4 Å². The van der Waals surface area contributed by atoms with E-state index >= 15 is 0 Å². The predicted molar refractivity (Wildman–Crippen MR) is 254 cm³/mol. The zero-order chi connectivity index (χ0) is 53.0. The summed E-state index contributed by atoms with van der Waals surface area (Å²) in [6.45, 7) is 8.23. The molecule has 0 bridgehead atoms. The summed E-state index contributed by atoms with van der Waals surface area (Å²) in [5.41, 5.74) is 9.20. The highest BCUT2D eigenvalue weighted by Gasteiger charge is 2.67. The molecule has 24 heteroatoms. The van der Waals surface area contributed by atoms with E-state index in [0.717, 1.165) is 5.57 Å². The van der Waals surface area contributed by atoms with Crippen LogP contribution in [-0.4, -0.2) is 158 Å². The number of likely N-dealkylation sites (N-methyl/N-ethyl adjacent to an activating group) is 2. The molecule has 3 aliphatic rings. The number of anilines is 1. The summed E-state index contributed by atoms with van der Waals surface area (Å²) in [6.07, 6.45) is 0.619. The third-order valence-corrected chi connectivity index (χ3v) is 12.8. The number of amides is 9. The monoisotopic (exact) mass is 996 g/mol. The van der Waals surface area contributed by atoms with Gasteiger partial charge in [0.05, 0.1) is 25.0 Å². The first-order valence-corrected chi connectivity index (χ1v) is 23.2. The number of aliphatic hydroxyl groups is 1. The Hall–Kier alpha value is -7.08. The highest BCUT2D eigenvalue weighted by Crippen LogP contribution is 2.65. The molecular weight excluding hydrogens is 929 g/mol. The number of ether oxygens (including phenoxy) is 3. The molecule has 11 N–H and O–H groups in total. The second kappa shape index (κ2) is 24.2. The van der Waals surface area contributed by atoms with Gasteiger partial charge in [-0.1, -0.05) is 37.6 Å². The van der Waals surface area contributed by atoms with Gasteiger partial charge in [0.1, 0.15) is 37.0 Å². The Kier molecular flexibility index (Phi) is 19.2. The molecule has 9 amide bonds. The molecule has 71 heavy (non-hydrogen) atoms. The Bertz CT molecular complexity index is 2290. The van der Waals surface area contributed by atoms with Gasteiger partial charge < -0.3 is 72.5 Å². The Morgan fingerprint density at radius 2 is 1.45 bits per heavy atom. The van der Waals surface area contributed by atoms with Crippen molar-refractivity contribution >= 4 is 65.2 Å². The number of rotatable bonds is 23. The molecule has 390 valence electrons. The molecule has 4 rings (SSSR count). The number of benzene rings is 1. The predicted octanol–water partition coefficient (Wildman–Crippen LogP) is -0.164. The molecule has 5 atom stereocenters. The summed E-state index contributed by atoms with van der Waals surface area (Å²) in [4.78, 5) is 129. The largest absolute Gasteiger partial charge is 0.465 e. The van der Waals surface area contributed by atoms with Crippen molar-refractivity contribution in [2.24, 2.45) is 28.2 Å². The smallest absolute Gasteiger partial charge is 0.410 e. The van der Waals surface area contributed by atoms with E-state index < -0.39 is 113 Å². The third-order valence-electron chi connectivity index (χ3n) is 12.8. The number of esters is 1. The van der Waals surface area contributed by atoms with Crippen LogP contribution in [0.5, 0.6) is 0 Å². The maximum Gasteiger partial charge on any atom is 0.410 e. The molecule has 24 nitrogen and oxygen atoms in total. The minimum atomic E-state index is -1.64. The molecular formula is C47H68N10O14. The molecule has 0 heterocycles. The highest BCUT2D eigenvalue weighted by molar-refractivity contribution is 6.09. The quantitative estimate of drug-likeness (QED) is 0.0391. The van der Waals surface area contributed by atoms with Gasteiger partial charge in [0.25, 0.3) is 0 Å². The van der Waals surface area contributed by atoms with Crippen LogP contribution in [0.15, 0.2) is 47.1 Å². The van der Waals surface area contributed by atoms with E-state index in [2.05, 4.69) is 31.9 Å². The zero-order valence-corrected chi connectivity index (χ0v) is 41.5. The lowest BCUT2D eigenvalue weighted by Crippen LogP contribution is -2.56. The standard InChI is InChI=1S/C47H68N10O14/c1-26(2)37(55-35(61)23-52-34(60)22-51-33(59)21-48)41(64)54-32(10-9-17-50-42(49)65)40(63)53-30-13-11-29(12-14-30)24-69-43(66)56(7)18-19-57(8)44(67)71-39-36-27(3)47(15-16-47)46(6,68)38(62)31(36)20-45(39,5)25-70-28(4)58/h11-14,20,26,32,37,39,68H,9-10,15-19,21-25,48H2,1-8H3,(H,51,59)(H,52,60)(H,53,63)(H,54,64)(H,55,61)(H3,49,50,65)/t32-,37-,39+,45-,46-/m0/s1. The molecule has 0 saturated heterocycles. The number of carbonyl (C=O) groups excluding carboxylic acids is 10. The Morgan fingerprint density at radius 3 is 2.03 bits per heavy atom. The second-order valence-electron chi connectivity index (χ2n) is 18.8. The van der Waals surface area contributed by atoms with E-state index in [-0.39, 0.29) is 57.8 Å². The lowest BCUT2D eigenvalue weighted by Gasteiger charge is -2.40. The molecule has 1 fully saturated rings. The summed E-state index contributed by atoms with van der Waals surface area (Å²) in [5.74, 6) is -4.73. The summed E-state index contributed by atoms with van der Waals surface area (Å²) in [5, 5.41) is 26.3. The summed E-state index contributed by atoms with van der Waals surface area (Å²) >= 11 is 0. The molecule has 0 aliphatic heterocycles. The van der Waals surface area contributed by atoms with Crippen LogP contribution < -0.4 is 43.4 Å². The summed E-state index contributed by atoms with van der Waals surface area (Å²) in [6, 6.07) is 3.28. The number of carbonyl (C=O) groups is 10. The summed E-state index contributed by atoms with van der Waals surface area (Å²) < 4.78 is 16.9. The normalized spacial score (nSPS) is 20.3. The van der Waals surface area contributed by atoms with E-state index in [1.165, 1.54) is 37.7 Å². The molecule has 1 saturated carbocycles. The summed E-state index contributed by atoms with van der Waals surface area (Å²) in [7, 11) is 2.97. The zero-order valence-electron chi connectivity index (χ0n) is 41.5. The number of urea groups is 1. The number of fused-ring (bicyclic) bond motifs is 1. The number of Topliss-reactive ketones (excluding diaryl/α,β-unsaturated/α-hetero) is 1. The molecule has 1 spiro atoms. The van der Waals surface area contributed by atoms with Crippen molar-refractivity contribution in [3.8, 4) is 0 Å². The van der Waals surface area contributed by atoms with Gasteiger partial charge in [-0.25, -0.2) is 14.4 Å². The average molecular weight is 997 g/mol. The highest BCUT2D eigenvalue weighted by atomic mass is 16.6. The van der Waals surface area contributed by atoms with E-state index in [1.54, 1.807) is 51.1 Å². The van der Waals surface area contributed by atoms with Crippen molar-refractivity contribution in [3.05, 3.63) is 52.6 Å². The fourth-order valence-corrected chi connectivity index (χ4v) is 8.34. The number of hydrogen-bond acceptors (Lipinski definition) is 15. The number of nitrogens with zero attached hydrogens (tertiary/aromatic N) is 2. The van der Waals surface area contributed by atoms with Gasteiger partial charge in [-0.05, 0) is 70.1 Å². The number of nitrogens with two attached hydrogens (primary N) is 2. The van der Waals surface area contributed by atoms with Crippen LogP contribution in [0.2, 0.25) is 0 Å². The maximum atomic E-state index is 13.6. The van der Waals surface area contributed by atoms with E-state index in [0.29, 0.717) is 29.7 Å². The number of ketones is 1. The SMILES string of the molecule is CC(=O)OC[C@]1(C)C=C2C(=O)[C@](C)(O)C3(CC3)C(C)=C2[C@H]1OC(=O)N(C)CCN(C)C(=O)OCc1ccc(NC(=O)[C@H](CCCNC(N)=O)NC(=O)[C@@H](NC(=O)CNC(=O)CNC(=O)CN)C(C)C)cc1. The van der Waals surface area contributed by atoms with E-state index in [1.807, 2.05) is 6.92 Å². The van der Waals surface area contributed by atoms with Crippen LogP contribution in [0, 0.1) is 16.7 Å². The van der Waals surface area contributed by atoms with Crippen molar-refractivity contribution in [2.45, 2.75) is 97.6 Å². The van der Waals surface area contributed by atoms with Crippen molar-refractivity contribution < 1.29 is 67.3 Å². The lowest BCUT2D eigenvalue weighted by atomic mass is 9.67. The van der Waals surface area contributed by atoms with Crippen molar-refractivity contribution in [2.75, 3.05) is 65.3 Å². The van der Waals surface area contributed by atoms with Crippen LogP contribution in [0.4, 0.5) is 20.1 Å². The van der Waals surface area contributed by atoms with Gasteiger partial charge >= 0.3 is 24.2 Å². The van der Waals surface area contributed by atoms with Crippen LogP contribution >= 0.6 is 0 Å².